The SMILES string of the molecule is C/C=C/Cc1c(C(C)=O)cc2c(c1OCOC)C(=O)CO2. The zero-order valence-corrected chi connectivity index (χ0v) is 12.4. The standard InChI is InChI=1S/C16H18O5/c1-4-5-6-11-12(10(2)17)7-14-15(13(18)8-20-14)16(11)21-9-19-3/h4-5,7H,6,8-9H2,1-3H3/b5-4+. The molecule has 0 aromatic heterocycles. The average Bonchev–Trinajstić information content (AvgIpc) is 2.83. The second-order valence-electron chi connectivity index (χ2n) is 4.70. The summed E-state index contributed by atoms with van der Waals surface area (Å²) >= 11 is 0. The number of hydrogen-bond donors (Lipinski definition) is 0. The molecule has 0 fully saturated rings. The van der Waals surface area contributed by atoms with E-state index in [1.54, 1.807) is 6.07 Å². The van der Waals surface area contributed by atoms with Crippen LogP contribution >= 0.6 is 0 Å². The Kier molecular flexibility index (Phi) is 4.75. The van der Waals surface area contributed by atoms with Crippen molar-refractivity contribution in [1.82, 2.24) is 0 Å². The molecule has 0 spiro atoms. The van der Waals surface area contributed by atoms with Crippen LogP contribution in [-0.2, 0) is 11.2 Å². The van der Waals surface area contributed by atoms with Gasteiger partial charge in [0.15, 0.2) is 19.2 Å². The molecule has 1 aliphatic rings. The Balaban J connectivity index is 2.64. The van der Waals surface area contributed by atoms with Crippen molar-refractivity contribution in [3.8, 4) is 11.5 Å². The summed E-state index contributed by atoms with van der Waals surface area (Å²) in [4.78, 5) is 23.9. The molecule has 5 nitrogen and oxygen atoms in total. The molecule has 5 heteroatoms. The van der Waals surface area contributed by atoms with E-state index in [2.05, 4.69) is 0 Å². The van der Waals surface area contributed by atoms with Gasteiger partial charge in [-0.15, -0.1) is 0 Å². The molecule has 0 N–H and O–H groups in total. The lowest BCUT2D eigenvalue weighted by Gasteiger charge is -2.16. The quantitative estimate of drug-likeness (QED) is 0.458. The first-order chi connectivity index (χ1) is 10.1. The van der Waals surface area contributed by atoms with Crippen molar-refractivity contribution in [2.75, 3.05) is 20.5 Å². The predicted octanol–water partition coefficient (Wildman–Crippen LogP) is 2.57. The highest BCUT2D eigenvalue weighted by atomic mass is 16.7. The van der Waals surface area contributed by atoms with E-state index >= 15 is 0 Å². The summed E-state index contributed by atoms with van der Waals surface area (Å²) in [6.45, 7) is 3.36. The highest BCUT2D eigenvalue weighted by Crippen LogP contribution is 2.39. The minimum Gasteiger partial charge on any atom is -0.485 e. The third kappa shape index (κ3) is 2.97. The second-order valence-corrected chi connectivity index (χ2v) is 4.70. The minimum atomic E-state index is -0.145. The van der Waals surface area contributed by atoms with Crippen LogP contribution in [0, 0.1) is 0 Å². The number of benzene rings is 1. The maximum absolute atomic E-state index is 12.0. The number of ether oxygens (including phenoxy) is 3. The van der Waals surface area contributed by atoms with E-state index < -0.39 is 0 Å². The highest BCUT2D eigenvalue weighted by molar-refractivity contribution is 6.07. The molecule has 0 unspecified atom stereocenters. The van der Waals surface area contributed by atoms with Crippen LogP contribution in [0.5, 0.6) is 11.5 Å². The van der Waals surface area contributed by atoms with Crippen molar-refractivity contribution in [3.63, 3.8) is 0 Å². The smallest absolute Gasteiger partial charge is 0.207 e. The molecular formula is C16H18O5. The van der Waals surface area contributed by atoms with Gasteiger partial charge in [0.25, 0.3) is 0 Å². The molecule has 1 heterocycles. The zero-order chi connectivity index (χ0) is 15.4. The number of rotatable bonds is 6. The maximum atomic E-state index is 12.0. The first-order valence-corrected chi connectivity index (χ1v) is 6.69. The summed E-state index contributed by atoms with van der Waals surface area (Å²) in [7, 11) is 1.50. The highest BCUT2D eigenvalue weighted by Gasteiger charge is 2.30. The third-order valence-electron chi connectivity index (χ3n) is 3.24. The summed E-state index contributed by atoms with van der Waals surface area (Å²) in [5.41, 5.74) is 1.60. The Bertz CT molecular complexity index is 601. The lowest BCUT2D eigenvalue weighted by Crippen LogP contribution is -2.10. The summed E-state index contributed by atoms with van der Waals surface area (Å²) < 4.78 is 15.8. The fourth-order valence-electron chi connectivity index (χ4n) is 2.30. The van der Waals surface area contributed by atoms with E-state index in [9.17, 15) is 9.59 Å². The normalized spacial score (nSPS) is 13.4. The summed E-state index contributed by atoms with van der Waals surface area (Å²) in [6, 6.07) is 1.63. The maximum Gasteiger partial charge on any atom is 0.207 e. The first kappa shape index (κ1) is 15.3. The number of carbonyl (C=O) groups excluding carboxylic acids is 2. The molecule has 112 valence electrons. The molecule has 1 aromatic carbocycles. The monoisotopic (exact) mass is 290 g/mol. The van der Waals surface area contributed by atoms with Gasteiger partial charge in [-0.25, -0.2) is 0 Å². The van der Waals surface area contributed by atoms with Gasteiger partial charge in [0.1, 0.15) is 17.1 Å². The van der Waals surface area contributed by atoms with Gasteiger partial charge in [-0.1, -0.05) is 12.2 Å². The molecule has 1 aliphatic heterocycles. The molecule has 0 aliphatic carbocycles. The Morgan fingerprint density at radius 1 is 1.48 bits per heavy atom. The van der Waals surface area contributed by atoms with Crippen molar-refractivity contribution >= 4 is 11.6 Å². The number of hydrogen-bond acceptors (Lipinski definition) is 5. The van der Waals surface area contributed by atoms with Crippen molar-refractivity contribution in [1.29, 1.82) is 0 Å². The van der Waals surface area contributed by atoms with Crippen molar-refractivity contribution < 1.29 is 23.8 Å². The van der Waals surface area contributed by atoms with E-state index in [4.69, 9.17) is 14.2 Å². The Morgan fingerprint density at radius 2 is 2.24 bits per heavy atom. The zero-order valence-electron chi connectivity index (χ0n) is 12.4. The average molecular weight is 290 g/mol. The van der Waals surface area contributed by atoms with Crippen molar-refractivity contribution in [3.05, 3.63) is 34.9 Å². The van der Waals surface area contributed by atoms with E-state index in [0.29, 0.717) is 34.6 Å². The van der Waals surface area contributed by atoms with Gasteiger partial charge in [0.05, 0.1) is 0 Å². The summed E-state index contributed by atoms with van der Waals surface area (Å²) in [5, 5.41) is 0. The summed E-state index contributed by atoms with van der Waals surface area (Å²) in [6.07, 6.45) is 4.30. The van der Waals surface area contributed by atoms with Crippen LogP contribution in [0.3, 0.4) is 0 Å². The number of allylic oxidation sites excluding steroid dienone is 2. The molecule has 0 radical (unpaired) electrons. The number of ketones is 2. The van der Waals surface area contributed by atoms with Crippen LogP contribution in [0.4, 0.5) is 0 Å². The van der Waals surface area contributed by atoms with E-state index in [0.717, 1.165) is 0 Å². The Labute approximate surface area is 123 Å². The van der Waals surface area contributed by atoms with Gasteiger partial charge in [-0.2, -0.15) is 0 Å². The lowest BCUT2D eigenvalue weighted by molar-refractivity contribution is 0.0496. The number of carbonyl (C=O) groups is 2. The largest absolute Gasteiger partial charge is 0.485 e. The van der Waals surface area contributed by atoms with Crippen LogP contribution < -0.4 is 9.47 Å². The molecule has 0 saturated heterocycles. The van der Waals surface area contributed by atoms with Gasteiger partial charge in [0.2, 0.25) is 5.78 Å². The number of methoxy groups -OCH3 is 1. The van der Waals surface area contributed by atoms with Crippen molar-refractivity contribution in [2.24, 2.45) is 0 Å². The van der Waals surface area contributed by atoms with E-state index in [-0.39, 0.29) is 25.0 Å². The van der Waals surface area contributed by atoms with Crippen LogP contribution in [0.1, 0.15) is 40.1 Å². The van der Waals surface area contributed by atoms with Crippen LogP contribution in [0.15, 0.2) is 18.2 Å². The van der Waals surface area contributed by atoms with Crippen LogP contribution in [0.2, 0.25) is 0 Å². The molecule has 1 aromatic rings. The lowest BCUT2D eigenvalue weighted by atomic mass is 9.95. The van der Waals surface area contributed by atoms with Gasteiger partial charge in [-0.3, -0.25) is 9.59 Å². The second kappa shape index (κ2) is 6.54. The molecular weight excluding hydrogens is 272 g/mol. The minimum absolute atomic E-state index is 0.00389. The van der Waals surface area contributed by atoms with Gasteiger partial charge in [0, 0.05) is 18.2 Å². The first-order valence-electron chi connectivity index (χ1n) is 6.69. The number of fused-ring (bicyclic) bond motifs is 1. The molecule has 0 bridgehead atoms. The van der Waals surface area contributed by atoms with Crippen molar-refractivity contribution in [2.45, 2.75) is 20.3 Å². The molecule has 0 amide bonds. The topological polar surface area (TPSA) is 61.8 Å². The molecule has 0 atom stereocenters. The Hall–Kier alpha value is -2.14. The fraction of sp³-hybridized carbons (Fsp3) is 0.375. The van der Waals surface area contributed by atoms with Gasteiger partial charge in [-0.05, 0) is 26.3 Å². The molecule has 21 heavy (non-hydrogen) atoms. The fourth-order valence-corrected chi connectivity index (χ4v) is 2.30. The molecule has 0 saturated carbocycles. The van der Waals surface area contributed by atoms with Crippen LogP contribution in [-0.4, -0.2) is 32.1 Å². The van der Waals surface area contributed by atoms with Gasteiger partial charge >= 0.3 is 0 Å². The van der Waals surface area contributed by atoms with E-state index in [1.165, 1.54) is 14.0 Å². The van der Waals surface area contributed by atoms with E-state index in [1.807, 2.05) is 19.1 Å². The predicted molar refractivity (Wildman–Crippen MR) is 77.3 cm³/mol. The number of Topliss-reactive ketones (excluding diaryl/α,β-unsaturated/α-hetero) is 2. The summed E-state index contributed by atoms with van der Waals surface area (Å²) in [5.74, 6) is 0.552. The third-order valence-corrected chi connectivity index (χ3v) is 3.24. The Morgan fingerprint density at radius 3 is 2.86 bits per heavy atom. The van der Waals surface area contributed by atoms with Gasteiger partial charge < -0.3 is 14.2 Å². The molecule has 2 rings (SSSR count). The van der Waals surface area contributed by atoms with Crippen LogP contribution in [0.25, 0.3) is 0 Å².